The minimum Gasteiger partial charge on any atom is -0.302 e. The molecule has 0 bridgehead atoms. The van der Waals surface area contributed by atoms with Crippen molar-refractivity contribution in [3.8, 4) is 0 Å². The van der Waals surface area contributed by atoms with Crippen LogP contribution in [0.1, 0.15) is 18.0 Å². The molecule has 1 aromatic rings. The van der Waals surface area contributed by atoms with Crippen LogP contribution in [0, 0.1) is 0 Å². The summed E-state index contributed by atoms with van der Waals surface area (Å²) in [6, 6.07) is 8.69. The highest BCUT2D eigenvalue weighted by Gasteiger charge is 2.15. The van der Waals surface area contributed by atoms with Gasteiger partial charge in [0.15, 0.2) is 0 Å². The third-order valence-corrected chi connectivity index (χ3v) is 3.21. The maximum absolute atomic E-state index is 5.80. The van der Waals surface area contributed by atoms with Crippen LogP contribution >= 0.6 is 27.5 Å². The zero-order valence-corrected chi connectivity index (χ0v) is 10.8. The van der Waals surface area contributed by atoms with Gasteiger partial charge in [-0.1, -0.05) is 34.1 Å². The molecular formula is C11H15BrClN. The molecule has 14 heavy (non-hydrogen) atoms. The lowest BCUT2D eigenvalue weighted by atomic mass is 10.0. The Morgan fingerprint density at radius 3 is 2.50 bits per heavy atom. The zero-order chi connectivity index (χ0) is 10.6. The van der Waals surface area contributed by atoms with Gasteiger partial charge < -0.3 is 4.90 Å². The quantitative estimate of drug-likeness (QED) is 0.758. The number of halogens is 2. The maximum Gasteiger partial charge on any atom is 0.0364 e. The highest BCUT2D eigenvalue weighted by molar-refractivity contribution is 9.10. The van der Waals surface area contributed by atoms with Gasteiger partial charge in [0.05, 0.1) is 0 Å². The summed E-state index contributed by atoms with van der Waals surface area (Å²) >= 11 is 9.37. The fourth-order valence-corrected chi connectivity index (χ4v) is 2.30. The molecule has 1 atom stereocenters. The monoisotopic (exact) mass is 275 g/mol. The van der Waals surface area contributed by atoms with Crippen LogP contribution in [0.3, 0.4) is 0 Å². The van der Waals surface area contributed by atoms with E-state index in [2.05, 4.69) is 53.1 Å². The normalized spacial score (nSPS) is 13.2. The van der Waals surface area contributed by atoms with Crippen molar-refractivity contribution in [2.75, 3.05) is 20.0 Å². The first-order chi connectivity index (χ1) is 6.66. The van der Waals surface area contributed by atoms with E-state index in [0.29, 0.717) is 11.9 Å². The Bertz CT molecular complexity index is 288. The van der Waals surface area contributed by atoms with Gasteiger partial charge in [-0.3, -0.25) is 0 Å². The van der Waals surface area contributed by atoms with Crippen LogP contribution in [0.4, 0.5) is 0 Å². The molecule has 0 fully saturated rings. The molecule has 1 aromatic carbocycles. The van der Waals surface area contributed by atoms with Gasteiger partial charge in [-0.15, -0.1) is 11.6 Å². The average Bonchev–Trinajstić information content (AvgIpc) is 2.15. The van der Waals surface area contributed by atoms with Gasteiger partial charge in [0, 0.05) is 16.4 Å². The first-order valence-corrected chi connectivity index (χ1v) is 5.96. The number of rotatable bonds is 4. The van der Waals surface area contributed by atoms with Gasteiger partial charge in [-0.2, -0.15) is 0 Å². The number of nitrogens with zero attached hydrogens (tertiary/aromatic N) is 1. The van der Waals surface area contributed by atoms with E-state index in [0.717, 1.165) is 10.9 Å². The van der Waals surface area contributed by atoms with Crippen LogP contribution in [0.2, 0.25) is 0 Å². The Morgan fingerprint density at radius 1 is 1.36 bits per heavy atom. The highest BCUT2D eigenvalue weighted by Crippen LogP contribution is 2.28. The van der Waals surface area contributed by atoms with E-state index in [1.807, 2.05) is 6.07 Å². The lowest BCUT2D eigenvalue weighted by Gasteiger charge is -2.24. The van der Waals surface area contributed by atoms with E-state index < -0.39 is 0 Å². The first kappa shape index (κ1) is 12.0. The van der Waals surface area contributed by atoms with Crippen molar-refractivity contribution in [1.82, 2.24) is 4.90 Å². The van der Waals surface area contributed by atoms with E-state index in [1.54, 1.807) is 0 Å². The average molecular weight is 277 g/mol. The summed E-state index contributed by atoms with van der Waals surface area (Å²) in [5.74, 6) is 0.685. The maximum atomic E-state index is 5.80. The Hall–Kier alpha value is -0.0500. The molecule has 0 aromatic heterocycles. The van der Waals surface area contributed by atoms with E-state index in [-0.39, 0.29) is 0 Å². The minimum absolute atomic E-state index is 0.392. The summed E-state index contributed by atoms with van der Waals surface area (Å²) in [4.78, 5) is 2.20. The predicted molar refractivity (Wildman–Crippen MR) is 65.9 cm³/mol. The Kier molecular flexibility index (Phi) is 4.93. The fraction of sp³-hybridized carbons (Fsp3) is 0.455. The molecule has 3 heteroatoms. The third-order valence-electron chi connectivity index (χ3n) is 2.27. The summed E-state index contributed by atoms with van der Waals surface area (Å²) < 4.78 is 1.16. The molecule has 0 radical (unpaired) electrons. The molecule has 78 valence electrons. The van der Waals surface area contributed by atoms with Gasteiger partial charge in [0.1, 0.15) is 0 Å². The Labute approximate surface area is 99.2 Å². The van der Waals surface area contributed by atoms with Crippen molar-refractivity contribution in [3.05, 3.63) is 34.3 Å². The molecule has 1 nitrogen and oxygen atoms in total. The lowest BCUT2D eigenvalue weighted by Crippen LogP contribution is -2.20. The van der Waals surface area contributed by atoms with Crippen molar-refractivity contribution < 1.29 is 0 Å². The van der Waals surface area contributed by atoms with Gasteiger partial charge in [-0.05, 0) is 32.1 Å². The van der Waals surface area contributed by atoms with E-state index in [1.165, 1.54) is 5.56 Å². The van der Waals surface area contributed by atoms with E-state index >= 15 is 0 Å². The van der Waals surface area contributed by atoms with Crippen LogP contribution in [0.5, 0.6) is 0 Å². The number of alkyl halides is 1. The molecule has 0 aliphatic heterocycles. The molecule has 0 spiro atoms. The van der Waals surface area contributed by atoms with Crippen molar-refractivity contribution in [1.29, 1.82) is 0 Å². The van der Waals surface area contributed by atoms with Crippen LogP contribution in [0.15, 0.2) is 28.7 Å². The first-order valence-electron chi connectivity index (χ1n) is 4.63. The summed E-state index contributed by atoms with van der Waals surface area (Å²) in [5, 5.41) is 0. The van der Waals surface area contributed by atoms with E-state index in [9.17, 15) is 0 Å². The van der Waals surface area contributed by atoms with Crippen molar-refractivity contribution in [2.24, 2.45) is 0 Å². The molecule has 0 N–H and O–H groups in total. The molecule has 0 aliphatic rings. The van der Waals surface area contributed by atoms with Crippen molar-refractivity contribution in [3.63, 3.8) is 0 Å². The second kappa shape index (κ2) is 5.74. The second-order valence-corrected chi connectivity index (χ2v) is 4.71. The van der Waals surface area contributed by atoms with Crippen LogP contribution < -0.4 is 0 Å². The molecule has 0 heterocycles. The predicted octanol–water partition coefficient (Wildman–Crippen LogP) is 3.68. The molecule has 0 saturated carbocycles. The van der Waals surface area contributed by atoms with Crippen molar-refractivity contribution in [2.45, 2.75) is 12.5 Å². The molecule has 0 amide bonds. The minimum atomic E-state index is 0.392. The third kappa shape index (κ3) is 2.97. The molecule has 0 saturated heterocycles. The SMILES string of the molecule is CN(C)C(CCCl)c1ccccc1Br. The summed E-state index contributed by atoms with van der Waals surface area (Å²) in [5.41, 5.74) is 1.30. The van der Waals surface area contributed by atoms with Gasteiger partial charge in [0.2, 0.25) is 0 Å². The number of hydrogen-bond acceptors (Lipinski definition) is 1. The standard InChI is InChI=1S/C11H15BrClN/c1-14(2)11(7-8-13)9-5-3-4-6-10(9)12/h3-6,11H,7-8H2,1-2H3. The van der Waals surface area contributed by atoms with Gasteiger partial charge >= 0.3 is 0 Å². The fourth-order valence-electron chi connectivity index (χ4n) is 1.54. The molecule has 0 aliphatic carbocycles. The Morgan fingerprint density at radius 2 is 2.00 bits per heavy atom. The Balaban J connectivity index is 2.93. The molecule has 1 rings (SSSR count). The molecule has 1 unspecified atom stereocenters. The second-order valence-electron chi connectivity index (χ2n) is 3.48. The van der Waals surface area contributed by atoms with Gasteiger partial charge in [0.25, 0.3) is 0 Å². The van der Waals surface area contributed by atoms with Crippen molar-refractivity contribution >= 4 is 27.5 Å². The van der Waals surface area contributed by atoms with Gasteiger partial charge in [-0.25, -0.2) is 0 Å². The highest BCUT2D eigenvalue weighted by atomic mass is 79.9. The summed E-state index contributed by atoms with van der Waals surface area (Å²) in [7, 11) is 4.16. The smallest absolute Gasteiger partial charge is 0.0364 e. The molecular weight excluding hydrogens is 261 g/mol. The number of hydrogen-bond donors (Lipinski definition) is 0. The lowest BCUT2D eigenvalue weighted by molar-refractivity contribution is 0.292. The summed E-state index contributed by atoms with van der Waals surface area (Å²) in [6.45, 7) is 0. The zero-order valence-electron chi connectivity index (χ0n) is 8.50. The largest absolute Gasteiger partial charge is 0.302 e. The summed E-state index contributed by atoms with van der Waals surface area (Å²) in [6.07, 6.45) is 0.969. The van der Waals surface area contributed by atoms with E-state index in [4.69, 9.17) is 11.6 Å². The topological polar surface area (TPSA) is 3.24 Å². The number of benzene rings is 1. The van der Waals surface area contributed by atoms with Crippen LogP contribution in [0.25, 0.3) is 0 Å². The van der Waals surface area contributed by atoms with Crippen LogP contribution in [-0.4, -0.2) is 24.9 Å². The van der Waals surface area contributed by atoms with Crippen LogP contribution in [-0.2, 0) is 0 Å².